The van der Waals surface area contributed by atoms with Gasteiger partial charge in [0, 0.05) is 12.6 Å². The molecule has 176 valence electrons. The average Bonchev–Trinajstić information content (AvgIpc) is 3.33. The van der Waals surface area contributed by atoms with Crippen LogP contribution in [-0.2, 0) is 20.6 Å². The predicted molar refractivity (Wildman–Crippen MR) is 131 cm³/mol. The lowest BCUT2D eigenvalue weighted by Gasteiger charge is -2.24. The molecule has 1 N–H and O–H groups in total. The van der Waals surface area contributed by atoms with E-state index in [4.69, 9.17) is 9.15 Å². The molecule has 0 saturated heterocycles. The van der Waals surface area contributed by atoms with Crippen LogP contribution < -0.4 is 14.4 Å². The SMILES string of the molecule is COc1cccc(N(CC(=O)NCCCSCc2ccco2)S(=O)(=O)c2ccc(C)cc2)c1. The molecule has 2 aromatic carbocycles. The first-order valence-electron chi connectivity index (χ1n) is 10.5. The molecule has 33 heavy (non-hydrogen) atoms. The minimum atomic E-state index is -3.95. The fraction of sp³-hybridized carbons (Fsp3) is 0.292. The zero-order valence-electron chi connectivity index (χ0n) is 18.7. The van der Waals surface area contributed by atoms with E-state index >= 15 is 0 Å². The number of thioether (sulfide) groups is 1. The van der Waals surface area contributed by atoms with Gasteiger partial charge in [0.15, 0.2) is 0 Å². The summed E-state index contributed by atoms with van der Waals surface area (Å²) in [6.45, 7) is 2.01. The Bertz CT molecular complexity index is 1130. The first-order valence-corrected chi connectivity index (χ1v) is 13.1. The van der Waals surface area contributed by atoms with Gasteiger partial charge in [0.2, 0.25) is 5.91 Å². The van der Waals surface area contributed by atoms with Crippen molar-refractivity contribution >= 4 is 33.4 Å². The predicted octanol–water partition coefficient (Wildman–Crippen LogP) is 4.23. The van der Waals surface area contributed by atoms with Gasteiger partial charge >= 0.3 is 0 Å². The Morgan fingerprint density at radius 2 is 1.91 bits per heavy atom. The van der Waals surface area contributed by atoms with Gasteiger partial charge in [-0.2, -0.15) is 11.8 Å². The lowest BCUT2D eigenvalue weighted by molar-refractivity contribution is -0.119. The number of carbonyl (C=O) groups is 1. The molecular weight excluding hydrogens is 460 g/mol. The monoisotopic (exact) mass is 488 g/mol. The standard InChI is InChI=1S/C24H28N2O5S2/c1-19-9-11-23(12-10-19)33(28,29)26(20-6-3-7-21(16-20)30-2)17-24(27)25-13-5-15-32-18-22-8-4-14-31-22/h3-4,6-12,14,16H,5,13,15,17-18H2,1-2H3,(H,25,27). The average molecular weight is 489 g/mol. The van der Waals surface area contributed by atoms with Gasteiger partial charge in [0.25, 0.3) is 10.0 Å². The summed E-state index contributed by atoms with van der Waals surface area (Å²) in [4.78, 5) is 12.8. The molecule has 0 unspecified atom stereocenters. The van der Waals surface area contributed by atoms with E-state index in [0.29, 0.717) is 18.0 Å². The first-order chi connectivity index (χ1) is 15.9. The molecule has 3 aromatic rings. The van der Waals surface area contributed by atoms with Gasteiger partial charge in [-0.25, -0.2) is 8.42 Å². The van der Waals surface area contributed by atoms with Crippen molar-refractivity contribution in [3.8, 4) is 5.75 Å². The number of benzene rings is 2. The van der Waals surface area contributed by atoms with Crippen LogP contribution in [0.1, 0.15) is 17.7 Å². The number of aryl methyl sites for hydroxylation is 1. The highest BCUT2D eigenvalue weighted by molar-refractivity contribution is 7.98. The molecule has 0 aliphatic rings. The zero-order chi connectivity index (χ0) is 23.7. The van der Waals surface area contributed by atoms with Crippen LogP contribution in [0.15, 0.2) is 76.2 Å². The molecule has 0 bridgehead atoms. The van der Waals surface area contributed by atoms with Crippen LogP contribution in [0.5, 0.6) is 5.75 Å². The third-order valence-electron chi connectivity index (χ3n) is 4.85. The Morgan fingerprint density at radius 1 is 1.12 bits per heavy atom. The van der Waals surface area contributed by atoms with Gasteiger partial charge in [0.1, 0.15) is 18.1 Å². The van der Waals surface area contributed by atoms with Crippen molar-refractivity contribution in [2.45, 2.75) is 24.0 Å². The van der Waals surface area contributed by atoms with Gasteiger partial charge in [-0.05, 0) is 55.5 Å². The van der Waals surface area contributed by atoms with Crippen LogP contribution in [0.25, 0.3) is 0 Å². The van der Waals surface area contributed by atoms with Gasteiger partial charge in [0.05, 0.1) is 29.7 Å². The van der Waals surface area contributed by atoms with Crippen LogP contribution in [0, 0.1) is 6.92 Å². The van der Waals surface area contributed by atoms with E-state index in [9.17, 15) is 13.2 Å². The van der Waals surface area contributed by atoms with E-state index in [1.165, 1.54) is 7.11 Å². The lowest BCUT2D eigenvalue weighted by atomic mass is 10.2. The van der Waals surface area contributed by atoms with Crippen molar-refractivity contribution in [3.63, 3.8) is 0 Å². The molecule has 3 rings (SSSR count). The maximum absolute atomic E-state index is 13.4. The second kappa shape index (κ2) is 11.8. The second-order valence-corrected chi connectivity index (χ2v) is 10.3. The highest BCUT2D eigenvalue weighted by atomic mass is 32.2. The van der Waals surface area contributed by atoms with Crippen LogP contribution in [0.3, 0.4) is 0 Å². The summed E-state index contributed by atoms with van der Waals surface area (Å²) < 4.78 is 38.4. The van der Waals surface area contributed by atoms with Crippen molar-refractivity contribution in [2.75, 3.05) is 30.3 Å². The number of furan rings is 1. The van der Waals surface area contributed by atoms with E-state index in [0.717, 1.165) is 33.6 Å². The largest absolute Gasteiger partial charge is 0.497 e. The highest BCUT2D eigenvalue weighted by Gasteiger charge is 2.27. The number of amides is 1. The fourth-order valence-electron chi connectivity index (χ4n) is 3.07. The number of hydrogen-bond acceptors (Lipinski definition) is 6. The van der Waals surface area contributed by atoms with Gasteiger partial charge in [-0.3, -0.25) is 9.10 Å². The normalized spacial score (nSPS) is 11.2. The molecular formula is C24H28N2O5S2. The molecule has 0 spiro atoms. The molecule has 0 fully saturated rings. The molecule has 1 amide bonds. The lowest BCUT2D eigenvalue weighted by Crippen LogP contribution is -2.41. The molecule has 0 radical (unpaired) electrons. The summed E-state index contributed by atoms with van der Waals surface area (Å²) in [7, 11) is -2.44. The van der Waals surface area contributed by atoms with Crippen LogP contribution in [-0.4, -0.2) is 40.3 Å². The topological polar surface area (TPSA) is 88.8 Å². The van der Waals surface area contributed by atoms with Crippen LogP contribution in [0.4, 0.5) is 5.69 Å². The summed E-state index contributed by atoms with van der Waals surface area (Å²) in [5.74, 6) is 2.68. The third kappa shape index (κ3) is 7.03. The van der Waals surface area contributed by atoms with Crippen LogP contribution >= 0.6 is 11.8 Å². The van der Waals surface area contributed by atoms with E-state index in [1.54, 1.807) is 66.6 Å². The second-order valence-electron chi connectivity index (χ2n) is 7.36. The number of sulfonamides is 1. The summed E-state index contributed by atoms with van der Waals surface area (Å²) in [6, 6.07) is 17.0. The number of nitrogens with one attached hydrogen (secondary N) is 1. The van der Waals surface area contributed by atoms with Crippen molar-refractivity contribution in [3.05, 3.63) is 78.3 Å². The number of carbonyl (C=O) groups excluding carboxylic acids is 1. The summed E-state index contributed by atoms with van der Waals surface area (Å²) in [5, 5.41) is 2.82. The van der Waals surface area contributed by atoms with Crippen molar-refractivity contribution < 1.29 is 22.4 Å². The maximum Gasteiger partial charge on any atom is 0.264 e. The Hall–Kier alpha value is -2.91. The number of rotatable bonds is 12. The third-order valence-corrected chi connectivity index (χ3v) is 7.70. The molecule has 0 atom stereocenters. The fourth-order valence-corrected chi connectivity index (χ4v) is 5.35. The van der Waals surface area contributed by atoms with E-state index in [-0.39, 0.29) is 17.3 Å². The number of hydrogen-bond donors (Lipinski definition) is 1. The Morgan fingerprint density at radius 3 is 2.61 bits per heavy atom. The Kier molecular flexibility index (Phi) is 8.85. The Labute approximate surface area is 199 Å². The van der Waals surface area contributed by atoms with E-state index in [1.807, 2.05) is 19.1 Å². The molecule has 1 heterocycles. The number of methoxy groups -OCH3 is 1. The molecule has 0 saturated carbocycles. The van der Waals surface area contributed by atoms with Crippen molar-refractivity contribution in [2.24, 2.45) is 0 Å². The molecule has 1 aromatic heterocycles. The minimum Gasteiger partial charge on any atom is -0.497 e. The molecule has 7 nitrogen and oxygen atoms in total. The van der Waals surface area contributed by atoms with Crippen LogP contribution in [0.2, 0.25) is 0 Å². The number of anilines is 1. The van der Waals surface area contributed by atoms with Gasteiger partial charge in [-0.1, -0.05) is 23.8 Å². The van der Waals surface area contributed by atoms with Gasteiger partial charge in [-0.15, -0.1) is 0 Å². The first kappa shape index (κ1) is 24.7. The summed E-state index contributed by atoms with van der Waals surface area (Å²) in [5.41, 5.74) is 1.31. The molecule has 0 aliphatic carbocycles. The minimum absolute atomic E-state index is 0.123. The summed E-state index contributed by atoms with van der Waals surface area (Å²) in [6.07, 6.45) is 2.41. The molecule has 0 aliphatic heterocycles. The highest BCUT2D eigenvalue weighted by Crippen LogP contribution is 2.27. The summed E-state index contributed by atoms with van der Waals surface area (Å²) >= 11 is 1.71. The van der Waals surface area contributed by atoms with E-state index < -0.39 is 10.0 Å². The smallest absolute Gasteiger partial charge is 0.264 e. The van der Waals surface area contributed by atoms with E-state index in [2.05, 4.69) is 5.32 Å². The number of nitrogens with zero attached hydrogens (tertiary/aromatic N) is 1. The number of ether oxygens (including phenoxy) is 1. The quantitative estimate of drug-likeness (QED) is 0.384. The molecule has 9 heteroatoms. The van der Waals surface area contributed by atoms with Crippen molar-refractivity contribution in [1.29, 1.82) is 0 Å². The van der Waals surface area contributed by atoms with Crippen molar-refractivity contribution in [1.82, 2.24) is 5.32 Å². The maximum atomic E-state index is 13.4. The van der Waals surface area contributed by atoms with Gasteiger partial charge < -0.3 is 14.5 Å². The zero-order valence-corrected chi connectivity index (χ0v) is 20.3. The Balaban J connectivity index is 1.65.